The van der Waals surface area contributed by atoms with E-state index in [9.17, 15) is 4.79 Å². The maximum absolute atomic E-state index is 10.9. The van der Waals surface area contributed by atoms with Gasteiger partial charge in [0, 0.05) is 17.8 Å². The van der Waals surface area contributed by atoms with Gasteiger partial charge in [-0.2, -0.15) is 0 Å². The molecule has 4 nitrogen and oxygen atoms in total. The monoisotopic (exact) mass is 422 g/mol. The van der Waals surface area contributed by atoms with Gasteiger partial charge in [0.05, 0.1) is 0 Å². The average molecular weight is 423 g/mol. The van der Waals surface area contributed by atoms with Crippen molar-refractivity contribution in [2.45, 2.75) is 71.6 Å². The van der Waals surface area contributed by atoms with Crippen LogP contribution in [0.1, 0.15) is 70.6 Å². The van der Waals surface area contributed by atoms with E-state index in [0.29, 0.717) is 11.7 Å². The van der Waals surface area contributed by atoms with Gasteiger partial charge >= 0.3 is 6.09 Å². The maximum atomic E-state index is 10.9. The van der Waals surface area contributed by atoms with Crippen molar-refractivity contribution in [3.05, 3.63) is 66.4 Å². The van der Waals surface area contributed by atoms with Crippen LogP contribution in [-0.2, 0) is 4.74 Å². The molecule has 1 amide bonds. The molecular formula is C27H38N2O2. The van der Waals surface area contributed by atoms with E-state index in [4.69, 9.17) is 4.74 Å². The Hall–Kier alpha value is -2.59. The van der Waals surface area contributed by atoms with Crippen LogP contribution in [0.15, 0.2) is 49.7 Å². The molecule has 31 heavy (non-hydrogen) atoms. The third-order valence-electron chi connectivity index (χ3n) is 5.35. The topological polar surface area (TPSA) is 41.6 Å². The molecule has 1 N–H and O–H groups in total. The minimum absolute atomic E-state index is 0.445. The standard InChI is InChI=1S/C19H23N.C8H15NO2/c1-4-9-20-18-11-17(12-19(20)13-18)16-8-7-14(5-2)15(6-3)10-16;1-6(2)9-7(10)11-8(3,4)5/h5-8,10-11,18-19H,2-4,9,12-13H2,1H3;1H2,2-5H3,(H,9,10). The second kappa shape index (κ2) is 10.6. The Labute approximate surface area is 188 Å². The van der Waals surface area contributed by atoms with Crippen molar-refractivity contribution in [1.82, 2.24) is 10.2 Å². The Kier molecular flexibility index (Phi) is 8.46. The van der Waals surface area contributed by atoms with E-state index in [1.54, 1.807) is 6.92 Å². The molecule has 1 aliphatic carbocycles. The number of nitrogens with one attached hydrogen (secondary N) is 1. The quantitative estimate of drug-likeness (QED) is 0.557. The molecule has 168 valence electrons. The van der Waals surface area contributed by atoms with Crippen molar-refractivity contribution in [1.29, 1.82) is 0 Å². The number of fused-ring (bicyclic) bond motifs is 1. The molecule has 1 saturated heterocycles. The van der Waals surface area contributed by atoms with Gasteiger partial charge in [-0.05, 0) is 81.8 Å². The van der Waals surface area contributed by atoms with Crippen molar-refractivity contribution in [3.63, 3.8) is 0 Å². The lowest BCUT2D eigenvalue weighted by atomic mass is 9.78. The molecule has 0 aromatic heterocycles. The smallest absolute Gasteiger partial charge is 0.411 e. The number of carbonyl (C=O) groups excluding carboxylic acids is 1. The molecular weight excluding hydrogens is 384 g/mol. The van der Waals surface area contributed by atoms with Crippen LogP contribution < -0.4 is 5.32 Å². The zero-order chi connectivity index (χ0) is 23.2. The minimum Gasteiger partial charge on any atom is -0.444 e. The summed E-state index contributed by atoms with van der Waals surface area (Å²) in [6.45, 7) is 21.9. The zero-order valence-corrected chi connectivity index (χ0v) is 19.8. The first-order chi connectivity index (χ1) is 14.6. The van der Waals surface area contributed by atoms with Gasteiger partial charge in [0.1, 0.15) is 5.60 Å². The van der Waals surface area contributed by atoms with Gasteiger partial charge in [-0.25, -0.2) is 4.79 Å². The van der Waals surface area contributed by atoms with Crippen LogP contribution in [0.2, 0.25) is 0 Å². The predicted octanol–water partition coefficient (Wildman–Crippen LogP) is 6.66. The first kappa shape index (κ1) is 24.7. The first-order valence-electron chi connectivity index (χ1n) is 11.1. The van der Waals surface area contributed by atoms with Crippen LogP contribution >= 0.6 is 0 Å². The number of nitrogens with zero attached hydrogens (tertiary/aromatic N) is 1. The summed E-state index contributed by atoms with van der Waals surface area (Å²) in [5, 5.41) is 2.44. The molecule has 1 aromatic carbocycles. The maximum Gasteiger partial charge on any atom is 0.411 e. The molecule has 0 radical (unpaired) electrons. The molecule has 2 heterocycles. The first-order valence-corrected chi connectivity index (χ1v) is 11.1. The summed E-state index contributed by atoms with van der Waals surface area (Å²) in [6.07, 6.45) is 9.65. The van der Waals surface area contributed by atoms with Gasteiger partial charge in [-0.15, -0.1) is 0 Å². The molecule has 2 unspecified atom stereocenters. The zero-order valence-electron chi connectivity index (χ0n) is 19.8. The van der Waals surface area contributed by atoms with Crippen LogP contribution in [0, 0.1) is 0 Å². The summed E-state index contributed by atoms with van der Waals surface area (Å²) in [4.78, 5) is 13.5. The van der Waals surface area contributed by atoms with E-state index in [1.807, 2.05) is 32.9 Å². The lowest BCUT2D eigenvalue weighted by Gasteiger charge is -2.51. The Morgan fingerprint density at radius 1 is 1.26 bits per heavy atom. The van der Waals surface area contributed by atoms with E-state index in [2.05, 4.69) is 61.2 Å². The second-order valence-electron chi connectivity index (χ2n) is 9.25. The fourth-order valence-corrected chi connectivity index (χ4v) is 4.04. The molecule has 2 aliphatic heterocycles. The molecule has 4 heteroatoms. The number of allylic oxidation sites excluding steroid dienone is 1. The molecule has 0 saturated carbocycles. The number of hydrogen-bond acceptors (Lipinski definition) is 3. The molecule has 3 aliphatic rings. The summed E-state index contributed by atoms with van der Waals surface area (Å²) < 4.78 is 4.94. The Morgan fingerprint density at radius 2 is 1.94 bits per heavy atom. The lowest BCUT2D eigenvalue weighted by Crippen LogP contribution is -2.57. The van der Waals surface area contributed by atoms with Crippen LogP contribution in [0.3, 0.4) is 0 Å². The summed E-state index contributed by atoms with van der Waals surface area (Å²) in [6, 6.07) is 8.08. The van der Waals surface area contributed by atoms with Crippen molar-refractivity contribution in [3.8, 4) is 0 Å². The molecule has 0 spiro atoms. The van der Waals surface area contributed by atoms with E-state index in [1.165, 1.54) is 42.5 Å². The Balaban J connectivity index is 0.000000267. The second-order valence-corrected chi connectivity index (χ2v) is 9.25. The summed E-state index contributed by atoms with van der Waals surface area (Å²) in [7, 11) is 0. The molecule has 1 aromatic rings. The number of benzene rings is 1. The van der Waals surface area contributed by atoms with Crippen LogP contribution in [0.25, 0.3) is 17.7 Å². The number of amides is 1. The van der Waals surface area contributed by atoms with Gasteiger partial charge < -0.3 is 4.74 Å². The predicted molar refractivity (Wildman–Crippen MR) is 133 cm³/mol. The Morgan fingerprint density at radius 3 is 2.42 bits per heavy atom. The SMILES string of the molecule is C=C(C)NC(=O)OC(C)(C)C.C=Cc1ccc(C2=CC3CC(C2)N3CCC)cc1C=C. The third-order valence-corrected chi connectivity index (χ3v) is 5.35. The fraction of sp³-hybridized carbons (Fsp3) is 0.444. The third kappa shape index (κ3) is 6.96. The number of rotatable bonds is 6. The highest BCUT2D eigenvalue weighted by Gasteiger charge is 2.40. The van der Waals surface area contributed by atoms with E-state index in [0.717, 1.165) is 11.6 Å². The van der Waals surface area contributed by atoms with Gasteiger partial charge in [-0.3, -0.25) is 10.2 Å². The molecule has 1 fully saturated rings. The number of carbonyl (C=O) groups is 1. The fourth-order valence-electron chi connectivity index (χ4n) is 4.04. The van der Waals surface area contributed by atoms with E-state index < -0.39 is 11.7 Å². The minimum atomic E-state index is -0.454. The van der Waals surface area contributed by atoms with Crippen LogP contribution in [0.5, 0.6) is 0 Å². The van der Waals surface area contributed by atoms with Gasteiger partial charge in [0.25, 0.3) is 0 Å². The molecule has 2 bridgehead atoms. The highest BCUT2D eigenvalue weighted by molar-refractivity contribution is 5.74. The van der Waals surface area contributed by atoms with Crippen LogP contribution in [0.4, 0.5) is 4.79 Å². The van der Waals surface area contributed by atoms with Crippen molar-refractivity contribution < 1.29 is 9.53 Å². The van der Waals surface area contributed by atoms with E-state index in [-0.39, 0.29) is 0 Å². The highest BCUT2D eigenvalue weighted by Crippen LogP contribution is 2.41. The van der Waals surface area contributed by atoms with Gasteiger partial charge in [0.2, 0.25) is 0 Å². The number of ether oxygens (including phenoxy) is 1. The Bertz CT molecular complexity index is 860. The van der Waals surface area contributed by atoms with Gasteiger partial charge in [0.15, 0.2) is 0 Å². The van der Waals surface area contributed by atoms with E-state index >= 15 is 0 Å². The molecule has 2 atom stereocenters. The lowest BCUT2D eigenvalue weighted by molar-refractivity contribution is 0.0390. The van der Waals surface area contributed by atoms with Crippen molar-refractivity contribution in [2.75, 3.05) is 6.54 Å². The highest BCUT2D eigenvalue weighted by atomic mass is 16.6. The average Bonchev–Trinajstić information content (AvgIpc) is 2.69. The number of hydrogen-bond donors (Lipinski definition) is 1. The summed E-state index contributed by atoms with van der Waals surface area (Å²) in [5.41, 5.74) is 5.36. The summed E-state index contributed by atoms with van der Waals surface area (Å²) >= 11 is 0. The normalized spacial score (nSPS) is 19.7. The largest absolute Gasteiger partial charge is 0.444 e. The van der Waals surface area contributed by atoms with Crippen LogP contribution in [-0.4, -0.2) is 35.2 Å². The molecule has 4 rings (SSSR count). The van der Waals surface area contributed by atoms with Gasteiger partial charge in [-0.1, -0.05) is 57.0 Å². The summed E-state index contributed by atoms with van der Waals surface area (Å²) in [5.74, 6) is 0. The van der Waals surface area contributed by atoms with Crippen molar-refractivity contribution >= 4 is 23.8 Å². The van der Waals surface area contributed by atoms with Crippen molar-refractivity contribution in [2.24, 2.45) is 0 Å². The number of alkyl carbamates (subject to hydrolysis) is 1.